The highest BCUT2D eigenvalue weighted by atomic mass is 16.3. The van der Waals surface area contributed by atoms with Gasteiger partial charge in [0.1, 0.15) is 12.0 Å². The van der Waals surface area contributed by atoms with Crippen LogP contribution in [0.3, 0.4) is 0 Å². The van der Waals surface area contributed by atoms with Crippen molar-refractivity contribution in [2.75, 3.05) is 31.1 Å². The van der Waals surface area contributed by atoms with Crippen molar-refractivity contribution in [2.24, 2.45) is 0 Å². The van der Waals surface area contributed by atoms with Gasteiger partial charge in [-0.15, -0.1) is 0 Å². The molecule has 0 radical (unpaired) electrons. The van der Waals surface area contributed by atoms with Crippen LogP contribution < -0.4 is 15.5 Å². The first-order valence-corrected chi connectivity index (χ1v) is 8.36. The number of nitrogens with zero attached hydrogens (tertiary/aromatic N) is 3. The topological polar surface area (TPSA) is 97.8 Å². The number of carbonyl (C=O) groups is 2. The van der Waals surface area contributed by atoms with Crippen molar-refractivity contribution < 1.29 is 14.7 Å². The minimum Gasteiger partial charge on any atom is -0.374 e. The van der Waals surface area contributed by atoms with E-state index < -0.39 is 12.3 Å². The smallest absolute Gasteiger partial charge is 0.244 e. The summed E-state index contributed by atoms with van der Waals surface area (Å²) in [6, 6.07) is 3.34. The fourth-order valence-electron chi connectivity index (χ4n) is 3.65. The number of aliphatic hydroxyl groups is 1. The van der Waals surface area contributed by atoms with Crippen molar-refractivity contribution in [1.29, 1.82) is 0 Å². The number of pyridine rings is 1. The predicted molar refractivity (Wildman–Crippen MR) is 86.0 cm³/mol. The molecule has 0 aliphatic carbocycles. The molecule has 8 nitrogen and oxygen atoms in total. The quantitative estimate of drug-likeness (QED) is 0.604. The van der Waals surface area contributed by atoms with Crippen LogP contribution in [-0.4, -0.2) is 59.0 Å². The minimum atomic E-state index is -0.853. The third-order valence-electron chi connectivity index (χ3n) is 4.97. The third kappa shape index (κ3) is 2.66. The second-order valence-corrected chi connectivity index (χ2v) is 6.46. The second-order valence-electron chi connectivity index (χ2n) is 6.46. The lowest BCUT2D eigenvalue weighted by Crippen LogP contribution is -2.51. The largest absolute Gasteiger partial charge is 0.374 e. The Morgan fingerprint density at radius 3 is 2.75 bits per heavy atom. The monoisotopic (exact) mass is 331 g/mol. The lowest BCUT2D eigenvalue weighted by Gasteiger charge is -2.31. The van der Waals surface area contributed by atoms with E-state index in [-0.39, 0.29) is 11.8 Å². The van der Waals surface area contributed by atoms with Crippen LogP contribution in [0, 0.1) is 0 Å². The SMILES string of the molecule is O=C1CCC(N2Cc3nc(N4CCNCC4)ccc3C2O)C(=O)N1. The van der Waals surface area contributed by atoms with Gasteiger partial charge in [0.2, 0.25) is 11.8 Å². The molecule has 0 bridgehead atoms. The van der Waals surface area contributed by atoms with Gasteiger partial charge in [0.15, 0.2) is 0 Å². The molecule has 2 fully saturated rings. The number of aliphatic hydroxyl groups excluding tert-OH is 1. The van der Waals surface area contributed by atoms with Crippen molar-refractivity contribution in [3.05, 3.63) is 23.4 Å². The fraction of sp³-hybridized carbons (Fsp3) is 0.562. The highest BCUT2D eigenvalue weighted by Crippen LogP contribution is 2.35. The molecule has 2 unspecified atom stereocenters. The van der Waals surface area contributed by atoms with E-state index in [1.165, 1.54) is 0 Å². The van der Waals surface area contributed by atoms with Gasteiger partial charge in [0.25, 0.3) is 0 Å². The lowest BCUT2D eigenvalue weighted by atomic mass is 10.0. The number of nitrogens with one attached hydrogen (secondary N) is 2. The van der Waals surface area contributed by atoms with Crippen LogP contribution in [0.2, 0.25) is 0 Å². The number of hydrogen-bond donors (Lipinski definition) is 3. The maximum absolute atomic E-state index is 12.1. The van der Waals surface area contributed by atoms with E-state index >= 15 is 0 Å². The molecule has 2 atom stereocenters. The van der Waals surface area contributed by atoms with E-state index in [9.17, 15) is 14.7 Å². The number of piperidine rings is 1. The third-order valence-corrected chi connectivity index (χ3v) is 4.97. The first-order valence-electron chi connectivity index (χ1n) is 8.36. The van der Waals surface area contributed by atoms with Crippen molar-refractivity contribution in [3.63, 3.8) is 0 Å². The first-order chi connectivity index (χ1) is 11.6. The van der Waals surface area contributed by atoms with E-state index in [0.717, 1.165) is 43.3 Å². The highest BCUT2D eigenvalue weighted by Gasteiger charge is 2.40. The number of imide groups is 1. The number of amides is 2. The summed E-state index contributed by atoms with van der Waals surface area (Å²) in [7, 11) is 0. The van der Waals surface area contributed by atoms with Crippen molar-refractivity contribution in [3.8, 4) is 0 Å². The number of anilines is 1. The Hall–Kier alpha value is -2.03. The molecule has 8 heteroatoms. The molecule has 3 aliphatic rings. The van der Waals surface area contributed by atoms with Gasteiger partial charge in [-0.25, -0.2) is 4.98 Å². The van der Waals surface area contributed by atoms with Crippen LogP contribution in [0.25, 0.3) is 0 Å². The summed E-state index contributed by atoms with van der Waals surface area (Å²) in [5, 5.41) is 16.2. The first kappa shape index (κ1) is 15.5. The van der Waals surface area contributed by atoms with Crippen LogP contribution in [-0.2, 0) is 16.1 Å². The van der Waals surface area contributed by atoms with Crippen LogP contribution in [0.1, 0.15) is 30.3 Å². The normalized spacial score (nSPS) is 28.0. The van der Waals surface area contributed by atoms with E-state index in [1.807, 2.05) is 12.1 Å². The number of piperazine rings is 1. The minimum absolute atomic E-state index is 0.249. The Bertz CT molecular complexity index is 674. The van der Waals surface area contributed by atoms with Crippen molar-refractivity contribution in [2.45, 2.75) is 31.7 Å². The maximum atomic E-state index is 12.1. The summed E-state index contributed by atoms with van der Waals surface area (Å²) in [4.78, 5) is 32.1. The number of rotatable bonds is 2. The molecule has 0 spiro atoms. The van der Waals surface area contributed by atoms with E-state index in [1.54, 1.807) is 4.90 Å². The van der Waals surface area contributed by atoms with Crippen LogP contribution in [0.5, 0.6) is 0 Å². The number of hydrogen-bond acceptors (Lipinski definition) is 7. The second kappa shape index (κ2) is 6.12. The zero-order valence-electron chi connectivity index (χ0n) is 13.4. The molecule has 3 N–H and O–H groups in total. The molecule has 1 aromatic rings. The zero-order valence-corrected chi connectivity index (χ0v) is 13.4. The van der Waals surface area contributed by atoms with Gasteiger partial charge in [-0.1, -0.05) is 0 Å². The molecular formula is C16H21N5O3. The molecule has 128 valence electrons. The fourth-order valence-corrected chi connectivity index (χ4v) is 3.65. The molecule has 4 rings (SSSR count). The van der Waals surface area contributed by atoms with Crippen LogP contribution >= 0.6 is 0 Å². The lowest BCUT2D eigenvalue weighted by molar-refractivity contribution is -0.141. The van der Waals surface area contributed by atoms with Crippen molar-refractivity contribution in [1.82, 2.24) is 20.5 Å². The summed E-state index contributed by atoms with van der Waals surface area (Å²) in [6.07, 6.45) is -0.121. The Balaban J connectivity index is 1.54. The van der Waals surface area contributed by atoms with E-state index in [4.69, 9.17) is 4.98 Å². The zero-order chi connectivity index (χ0) is 16.7. The summed E-state index contributed by atoms with van der Waals surface area (Å²) in [5.74, 6) is 0.328. The molecule has 24 heavy (non-hydrogen) atoms. The van der Waals surface area contributed by atoms with Gasteiger partial charge in [0, 0.05) is 44.7 Å². The van der Waals surface area contributed by atoms with Crippen molar-refractivity contribution >= 4 is 17.6 Å². The van der Waals surface area contributed by atoms with E-state index in [0.29, 0.717) is 19.4 Å². The Morgan fingerprint density at radius 2 is 2.00 bits per heavy atom. The molecule has 1 aromatic heterocycles. The predicted octanol–water partition coefficient (Wildman–Crippen LogP) is -0.897. The standard InChI is InChI=1S/C16H21N5O3/c22-14-4-2-12(15(23)19-14)21-9-11-10(16(21)24)1-3-13(18-11)20-7-5-17-6-8-20/h1,3,12,16-17,24H,2,4-9H2,(H,19,22,23). The highest BCUT2D eigenvalue weighted by molar-refractivity contribution is 6.00. The van der Waals surface area contributed by atoms with Gasteiger partial charge in [0.05, 0.1) is 11.7 Å². The van der Waals surface area contributed by atoms with Crippen LogP contribution in [0.15, 0.2) is 12.1 Å². The molecule has 3 aliphatic heterocycles. The Labute approximate surface area is 139 Å². The summed E-state index contributed by atoms with van der Waals surface area (Å²) >= 11 is 0. The van der Waals surface area contributed by atoms with Gasteiger partial charge in [-0.2, -0.15) is 0 Å². The molecule has 0 saturated carbocycles. The van der Waals surface area contributed by atoms with Crippen LogP contribution in [0.4, 0.5) is 5.82 Å². The van der Waals surface area contributed by atoms with Gasteiger partial charge in [-0.3, -0.25) is 19.8 Å². The average Bonchev–Trinajstić information content (AvgIpc) is 2.92. The summed E-state index contributed by atoms with van der Waals surface area (Å²) < 4.78 is 0. The van der Waals surface area contributed by atoms with Gasteiger partial charge < -0.3 is 15.3 Å². The number of carbonyl (C=O) groups excluding carboxylic acids is 2. The van der Waals surface area contributed by atoms with Gasteiger partial charge >= 0.3 is 0 Å². The molecule has 2 amide bonds. The number of fused-ring (bicyclic) bond motifs is 1. The van der Waals surface area contributed by atoms with E-state index in [2.05, 4.69) is 15.5 Å². The average molecular weight is 331 g/mol. The van der Waals surface area contributed by atoms with Gasteiger partial charge in [-0.05, 0) is 18.6 Å². The number of aromatic nitrogens is 1. The summed E-state index contributed by atoms with van der Waals surface area (Å²) in [5.41, 5.74) is 1.56. The molecule has 2 saturated heterocycles. The molecule has 4 heterocycles. The Kier molecular flexibility index (Phi) is 3.95. The molecule has 0 aromatic carbocycles. The molecular weight excluding hydrogens is 310 g/mol. The Morgan fingerprint density at radius 1 is 1.21 bits per heavy atom. The summed E-state index contributed by atoms with van der Waals surface area (Å²) in [6.45, 7) is 4.10. The maximum Gasteiger partial charge on any atom is 0.244 e.